The van der Waals surface area contributed by atoms with E-state index >= 15 is 0 Å². The Morgan fingerprint density at radius 1 is 0.935 bits per heavy atom. The van der Waals surface area contributed by atoms with Crippen LogP contribution in [0.5, 0.6) is 0 Å². The third-order valence-corrected chi connectivity index (χ3v) is 5.49. The van der Waals surface area contributed by atoms with E-state index in [9.17, 15) is 18.4 Å². The highest BCUT2D eigenvalue weighted by atomic mass is 32.1. The molecule has 31 heavy (non-hydrogen) atoms. The highest BCUT2D eigenvalue weighted by Crippen LogP contribution is 2.17. The van der Waals surface area contributed by atoms with Crippen molar-refractivity contribution in [1.29, 1.82) is 0 Å². The molecule has 160 valence electrons. The Labute approximate surface area is 184 Å². The van der Waals surface area contributed by atoms with Crippen molar-refractivity contribution in [3.63, 3.8) is 0 Å². The molecule has 0 atom stereocenters. The van der Waals surface area contributed by atoms with E-state index in [1.54, 1.807) is 23.1 Å². The highest BCUT2D eigenvalue weighted by molar-refractivity contribution is 7.09. The van der Waals surface area contributed by atoms with Gasteiger partial charge in [0.05, 0.1) is 12.1 Å². The zero-order chi connectivity index (χ0) is 22.2. The zero-order valence-electron chi connectivity index (χ0n) is 16.8. The van der Waals surface area contributed by atoms with Gasteiger partial charge in [0.25, 0.3) is 5.91 Å². The quantitative estimate of drug-likeness (QED) is 0.445. The van der Waals surface area contributed by atoms with Crippen molar-refractivity contribution in [1.82, 2.24) is 9.80 Å². The molecule has 2 amide bonds. The smallest absolute Gasteiger partial charge is 0.257 e. The fourth-order valence-corrected chi connectivity index (χ4v) is 3.80. The molecule has 0 unspecified atom stereocenters. The van der Waals surface area contributed by atoms with E-state index in [0.29, 0.717) is 6.54 Å². The summed E-state index contributed by atoms with van der Waals surface area (Å²) in [7, 11) is 0. The third-order valence-electron chi connectivity index (χ3n) is 4.63. The van der Waals surface area contributed by atoms with Crippen LogP contribution in [0, 0.1) is 11.6 Å². The molecule has 0 fully saturated rings. The first kappa shape index (κ1) is 22.4. The van der Waals surface area contributed by atoms with E-state index in [1.165, 1.54) is 52.6 Å². The molecule has 0 bridgehead atoms. The molecule has 0 aliphatic rings. The maximum atomic E-state index is 14.1. The lowest BCUT2D eigenvalue weighted by Gasteiger charge is -2.27. The number of nitrogens with zero attached hydrogens (tertiary/aromatic N) is 2. The van der Waals surface area contributed by atoms with Gasteiger partial charge in [0.1, 0.15) is 18.2 Å². The maximum absolute atomic E-state index is 14.1. The van der Waals surface area contributed by atoms with Crippen LogP contribution in [0.2, 0.25) is 0 Å². The molecule has 1 aromatic heterocycles. The normalized spacial score (nSPS) is 10.5. The summed E-state index contributed by atoms with van der Waals surface area (Å²) >= 11 is 1.52. The van der Waals surface area contributed by atoms with Crippen molar-refractivity contribution < 1.29 is 18.4 Å². The molecule has 7 heteroatoms. The Bertz CT molecular complexity index is 1040. The summed E-state index contributed by atoms with van der Waals surface area (Å²) in [6.45, 7) is 4.12. The molecule has 0 saturated carbocycles. The van der Waals surface area contributed by atoms with E-state index in [2.05, 4.69) is 6.58 Å². The van der Waals surface area contributed by atoms with Crippen LogP contribution in [0.25, 0.3) is 0 Å². The highest BCUT2D eigenvalue weighted by Gasteiger charge is 2.24. The molecule has 0 radical (unpaired) electrons. The van der Waals surface area contributed by atoms with Crippen LogP contribution in [0.3, 0.4) is 0 Å². The van der Waals surface area contributed by atoms with Crippen LogP contribution < -0.4 is 0 Å². The lowest BCUT2D eigenvalue weighted by molar-refractivity contribution is -0.133. The summed E-state index contributed by atoms with van der Waals surface area (Å²) in [6, 6.07) is 15.4. The van der Waals surface area contributed by atoms with Crippen molar-refractivity contribution in [3.8, 4) is 0 Å². The number of benzene rings is 2. The summed E-state index contributed by atoms with van der Waals surface area (Å²) in [5.74, 6) is -1.88. The molecule has 0 spiro atoms. The van der Waals surface area contributed by atoms with Crippen LogP contribution in [0.1, 0.15) is 20.8 Å². The molecule has 0 aliphatic carbocycles. The van der Waals surface area contributed by atoms with Crippen LogP contribution in [0.4, 0.5) is 8.78 Å². The van der Waals surface area contributed by atoms with Crippen molar-refractivity contribution in [3.05, 3.63) is 106 Å². The van der Waals surface area contributed by atoms with Crippen molar-refractivity contribution in [2.75, 3.05) is 13.1 Å². The minimum atomic E-state index is -0.643. The molecule has 1 heterocycles. The first-order valence-electron chi connectivity index (χ1n) is 9.67. The van der Waals surface area contributed by atoms with Crippen LogP contribution in [0.15, 0.2) is 78.7 Å². The van der Waals surface area contributed by atoms with Gasteiger partial charge in [-0.1, -0.05) is 36.4 Å². The standard InChI is InChI=1S/C24H22F2N2O2S/c1-2-13-27(24(30)21-7-3-4-8-22(21)26)17-23(29)28(16-20-6-5-14-31-20)15-18-9-11-19(25)12-10-18/h2-12,14H,1,13,15-17H2. The topological polar surface area (TPSA) is 40.6 Å². The Balaban J connectivity index is 1.80. The summed E-state index contributed by atoms with van der Waals surface area (Å²) < 4.78 is 27.4. The molecule has 4 nitrogen and oxygen atoms in total. The van der Waals surface area contributed by atoms with Crippen LogP contribution >= 0.6 is 11.3 Å². The predicted molar refractivity (Wildman–Crippen MR) is 117 cm³/mol. The van der Waals surface area contributed by atoms with Gasteiger partial charge >= 0.3 is 0 Å². The molecule has 0 aliphatic heterocycles. The van der Waals surface area contributed by atoms with Crippen molar-refractivity contribution in [2.24, 2.45) is 0 Å². The Morgan fingerprint density at radius 2 is 1.68 bits per heavy atom. The Kier molecular flexibility index (Phi) is 7.67. The SMILES string of the molecule is C=CCN(CC(=O)N(Cc1ccc(F)cc1)Cc1cccs1)C(=O)c1ccccc1F. The van der Waals surface area contributed by atoms with Gasteiger partial charge in [0.2, 0.25) is 5.91 Å². The van der Waals surface area contributed by atoms with Gasteiger partial charge in [-0.05, 0) is 41.3 Å². The van der Waals surface area contributed by atoms with Gasteiger partial charge in [-0.15, -0.1) is 17.9 Å². The predicted octanol–water partition coefficient (Wildman–Crippen LogP) is 4.88. The molecule has 2 aromatic carbocycles. The number of carbonyl (C=O) groups excluding carboxylic acids is 2. The fraction of sp³-hybridized carbons (Fsp3) is 0.167. The molecule has 3 rings (SSSR count). The summed E-state index contributed by atoms with van der Waals surface area (Å²) in [4.78, 5) is 29.9. The van der Waals surface area contributed by atoms with Crippen molar-refractivity contribution >= 4 is 23.2 Å². The Morgan fingerprint density at radius 3 is 2.32 bits per heavy atom. The first-order valence-corrected chi connectivity index (χ1v) is 10.5. The second-order valence-corrected chi connectivity index (χ2v) is 7.94. The first-order chi connectivity index (χ1) is 15.0. The number of carbonyl (C=O) groups is 2. The number of halogens is 2. The fourth-order valence-electron chi connectivity index (χ4n) is 3.08. The number of hydrogen-bond donors (Lipinski definition) is 0. The van der Waals surface area contributed by atoms with Gasteiger partial charge in [0.15, 0.2) is 0 Å². The largest absolute Gasteiger partial charge is 0.332 e. The molecule has 0 saturated heterocycles. The Hall–Kier alpha value is -3.32. The molecular weight excluding hydrogens is 418 g/mol. The van der Waals surface area contributed by atoms with Gasteiger partial charge in [-0.3, -0.25) is 9.59 Å². The monoisotopic (exact) mass is 440 g/mol. The number of thiophene rings is 1. The molecular formula is C24H22F2N2O2S. The van der Waals surface area contributed by atoms with Crippen LogP contribution in [-0.4, -0.2) is 34.7 Å². The minimum absolute atomic E-state index is 0.0968. The summed E-state index contributed by atoms with van der Waals surface area (Å²) in [6.07, 6.45) is 1.50. The lowest BCUT2D eigenvalue weighted by atomic mass is 10.1. The average Bonchev–Trinajstić information content (AvgIpc) is 3.27. The van der Waals surface area contributed by atoms with Crippen LogP contribution in [-0.2, 0) is 17.9 Å². The van der Waals surface area contributed by atoms with Gasteiger partial charge in [0, 0.05) is 18.0 Å². The van der Waals surface area contributed by atoms with Crippen molar-refractivity contribution in [2.45, 2.75) is 13.1 Å². The number of rotatable bonds is 9. The van der Waals surface area contributed by atoms with E-state index in [0.717, 1.165) is 10.4 Å². The third kappa shape index (κ3) is 6.08. The molecule has 0 N–H and O–H groups in total. The molecule has 3 aromatic rings. The lowest BCUT2D eigenvalue weighted by Crippen LogP contribution is -2.42. The van der Waals surface area contributed by atoms with Gasteiger partial charge in [-0.25, -0.2) is 8.78 Å². The summed E-state index contributed by atoms with van der Waals surface area (Å²) in [5.41, 5.74) is 0.669. The second-order valence-electron chi connectivity index (χ2n) is 6.91. The van der Waals surface area contributed by atoms with E-state index < -0.39 is 11.7 Å². The number of hydrogen-bond acceptors (Lipinski definition) is 3. The number of amides is 2. The maximum Gasteiger partial charge on any atom is 0.257 e. The van der Waals surface area contributed by atoms with E-state index in [4.69, 9.17) is 0 Å². The van der Waals surface area contributed by atoms with Gasteiger partial charge < -0.3 is 9.80 Å². The minimum Gasteiger partial charge on any atom is -0.332 e. The summed E-state index contributed by atoms with van der Waals surface area (Å²) in [5, 5.41) is 1.92. The zero-order valence-corrected chi connectivity index (χ0v) is 17.7. The average molecular weight is 441 g/mol. The van der Waals surface area contributed by atoms with E-state index in [-0.39, 0.29) is 36.9 Å². The second kappa shape index (κ2) is 10.6. The van der Waals surface area contributed by atoms with Gasteiger partial charge in [-0.2, -0.15) is 0 Å². The van der Waals surface area contributed by atoms with E-state index in [1.807, 2.05) is 17.5 Å².